The van der Waals surface area contributed by atoms with Gasteiger partial charge in [0.05, 0.1) is 5.92 Å². The molecule has 0 amide bonds. The van der Waals surface area contributed by atoms with E-state index in [0.717, 1.165) is 25.3 Å². The fourth-order valence-corrected chi connectivity index (χ4v) is 8.33. The van der Waals surface area contributed by atoms with Gasteiger partial charge >= 0.3 is 17.2 Å². The maximum absolute atomic E-state index is 16.1. The van der Waals surface area contributed by atoms with E-state index in [4.69, 9.17) is 9.47 Å². The van der Waals surface area contributed by atoms with Crippen molar-refractivity contribution in [3.05, 3.63) is 114 Å². The lowest BCUT2D eigenvalue weighted by Gasteiger charge is -2.37. The maximum Gasteiger partial charge on any atom is 0.380 e. The Kier molecular flexibility index (Phi) is 7.83. The van der Waals surface area contributed by atoms with Crippen molar-refractivity contribution in [2.45, 2.75) is 35.7 Å². The van der Waals surface area contributed by atoms with Gasteiger partial charge in [-0.05, 0) is 59.9 Å². The zero-order valence-corrected chi connectivity index (χ0v) is 23.1. The van der Waals surface area contributed by atoms with Crippen molar-refractivity contribution in [1.29, 1.82) is 0 Å². The fourth-order valence-electron chi connectivity index (χ4n) is 6.32. The summed E-state index contributed by atoms with van der Waals surface area (Å²) in [7, 11) is -5.53. The molecule has 0 aromatic heterocycles. The van der Waals surface area contributed by atoms with Crippen LogP contribution in [0.5, 0.6) is 5.75 Å². The lowest BCUT2D eigenvalue weighted by atomic mass is 9.84. The fraction of sp³-hybridized carbons (Fsp3) is 0.312. The Bertz CT molecular complexity index is 1480. The first kappa shape index (κ1) is 28.7. The largest absolute Gasteiger partial charge is 0.458 e. The molecular weight excluding hydrogens is 550 g/mol. The molecule has 0 aliphatic heterocycles. The quantitative estimate of drug-likeness (QED) is 0.126. The van der Waals surface area contributed by atoms with Crippen molar-refractivity contribution < 1.29 is 36.3 Å². The molecule has 3 aromatic carbocycles. The molecule has 0 spiro atoms. The summed E-state index contributed by atoms with van der Waals surface area (Å²) < 4.78 is 68.9. The van der Waals surface area contributed by atoms with Gasteiger partial charge in [0.25, 0.3) is 0 Å². The monoisotopic (exact) mass is 580 g/mol. The number of alkyl halides is 2. The Labute approximate surface area is 237 Å². The Hall–Kier alpha value is -3.85. The lowest BCUT2D eigenvalue weighted by molar-refractivity contribution is -0.156. The summed E-state index contributed by atoms with van der Waals surface area (Å²) in [5.41, 5.74) is 0.134. The number of esters is 2. The molecule has 2 saturated carbocycles. The van der Waals surface area contributed by atoms with E-state index in [2.05, 4.69) is 6.58 Å². The molecule has 2 aliphatic rings. The van der Waals surface area contributed by atoms with Crippen molar-refractivity contribution in [3.8, 4) is 5.75 Å². The molecular formula is C32H30F2O6S. The molecule has 2 aliphatic carbocycles. The van der Waals surface area contributed by atoms with Crippen LogP contribution in [-0.4, -0.2) is 32.2 Å². The molecule has 6 nitrogen and oxygen atoms in total. The highest BCUT2D eigenvalue weighted by molar-refractivity contribution is 7.93. The lowest BCUT2D eigenvalue weighted by Crippen LogP contribution is -2.50. The number of halogens is 2. The zero-order valence-electron chi connectivity index (χ0n) is 22.2. The van der Waals surface area contributed by atoms with Gasteiger partial charge in [-0.2, -0.15) is 8.78 Å². The molecule has 5 rings (SSSR count). The SMILES string of the molecule is C=CC(=O)Oc1ccc(C(c2ccccc2)(c2ccccc2)S(=O)(=O)C(F)(F)COC(=O)C2CC3CCC2C3)cc1. The number of ether oxygens (including phenoxy) is 2. The average molecular weight is 581 g/mol. The molecule has 0 saturated heterocycles. The molecule has 2 fully saturated rings. The zero-order chi connectivity index (χ0) is 29.3. The van der Waals surface area contributed by atoms with Crippen LogP contribution >= 0.6 is 0 Å². The Morgan fingerprint density at radius 2 is 1.41 bits per heavy atom. The number of benzene rings is 3. The summed E-state index contributed by atoms with van der Waals surface area (Å²) >= 11 is 0. The van der Waals surface area contributed by atoms with Crippen LogP contribution in [0.3, 0.4) is 0 Å². The molecule has 0 heterocycles. The van der Waals surface area contributed by atoms with Gasteiger partial charge in [-0.25, -0.2) is 13.2 Å². The van der Waals surface area contributed by atoms with Gasteiger partial charge in [0.15, 0.2) is 11.4 Å². The van der Waals surface area contributed by atoms with Crippen molar-refractivity contribution in [1.82, 2.24) is 0 Å². The second kappa shape index (κ2) is 11.2. The van der Waals surface area contributed by atoms with E-state index >= 15 is 8.78 Å². The number of hydrogen-bond donors (Lipinski definition) is 0. The van der Waals surface area contributed by atoms with Crippen molar-refractivity contribution in [2.75, 3.05) is 6.61 Å². The van der Waals surface area contributed by atoms with Crippen LogP contribution in [0.25, 0.3) is 0 Å². The third kappa shape index (κ3) is 5.07. The predicted molar refractivity (Wildman–Crippen MR) is 149 cm³/mol. The second-order valence-corrected chi connectivity index (χ2v) is 12.8. The minimum absolute atomic E-state index is 0.00703. The van der Waals surface area contributed by atoms with Gasteiger partial charge < -0.3 is 9.47 Å². The normalized spacial score (nSPS) is 20.4. The first-order valence-electron chi connectivity index (χ1n) is 13.4. The first-order valence-corrected chi connectivity index (χ1v) is 14.9. The molecule has 214 valence electrons. The summed E-state index contributed by atoms with van der Waals surface area (Å²) in [6.07, 6.45) is 4.29. The van der Waals surface area contributed by atoms with Crippen LogP contribution in [0, 0.1) is 17.8 Å². The summed E-state index contributed by atoms with van der Waals surface area (Å²) in [6, 6.07) is 20.8. The minimum atomic E-state index is -5.53. The third-order valence-electron chi connectivity index (χ3n) is 8.23. The standard InChI is InChI=1S/C32H30F2O6S/c1-2-29(35)40-27-17-15-26(16-18-27)32(24-9-5-3-6-10-24,25-11-7-4-8-12-25)41(37,38)31(33,34)21-39-30(36)28-20-22-13-14-23(28)19-22/h2-12,15-18,22-23,28H,1,13-14,19-21H2. The molecule has 3 unspecified atom stereocenters. The number of hydrogen-bond acceptors (Lipinski definition) is 6. The van der Waals surface area contributed by atoms with Crippen molar-refractivity contribution >= 4 is 21.8 Å². The van der Waals surface area contributed by atoms with Crippen LogP contribution in [0.1, 0.15) is 42.4 Å². The number of fused-ring (bicyclic) bond motifs is 2. The molecule has 3 aromatic rings. The average Bonchev–Trinajstić information content (AvgIpc) is 3.62. The van der Waals surface area contributed by atoms with Crippen LogP contribution < -0.4 is 4.74 Å². The molecule has 2 bridgehead atoms. The topological polar surface area (TPSA) is 86.7 Å². The number of carbonyl (C=O) groups excluding carboxylic acids is 2. The van der Waals surface area contributed by atoms with Crippen molar-refractivity contribution in [3.63, 3.8) is 0 Å². The van der Waals surface area contributed by atoms with Crippen LogP contribution in [-0.2, 0) is 28.9 Å². The van der Waals surface area contributed by atoms with E-state index in [-0.39, 0.29) is 28.4 Å². The van der Waals surface area contributed by atoms with Gasteiger partial charge in [0.2, 0.25) is 9.84 Å². The Morgan fingerprint density at radius 1 is 0.854 bits per heavy atom. The maximum atomic E-state index is 16.1. The highest BCUT2D eigenvalue weighted by atomic mass is 32.2. The van der Waals surface area contributed by atoms with Gasteiger partial charge in [-0.1, -0.05) is 85.8 Å². The smallest absolute Gasteiger partial charge is 0.380 e. The Balaban J connectivity index is 1.60. The second-order valence-electron chi connectivity index (χ2n) is 10.6. The van der Waals surface area contributed by atoms with Crippen LogP contribution in [0.15, 0.2) is 97.6 Å². The Morgan fingerprint density at radius 3 is 1.90 bits per heavy atom. The van der Waals surface area contributed by atoms with Crippen LogP contribution in [0.2, 0.25) is 0 Å². The molecule has 3 atom stereocenters. The summed E-state index contributed by atoms with van der Waals surface area (Å²) in [6.45, 7) is 1.75. The van der Waals surface area contributed by atoms with E-state index < -0.39 is 44.3 Å². The summed E-state index contributed by atoms with van der Waals surface area (Å²) in [5.74, 6) is -1.42. The molecule has 41 heavy (non-hydrogen) atoms. The van der Waals surface area contributed by atoms with E-state index in [9.17, 15) is 18.0 Å². The van der Waals surface area contributed by atoms with E-state index in [1.165, 1.54) is 48.5 Å². The van der Waals surface area contributed by atoms with Gasteiger partial charge in [-0.3, -0.25) is 4.79 Å². The van der Waals surface area contributed by atoms with E-state index in [0.29, 0.717) is 12.3 Å². The minimum Gasteiger partial charge on any atom is -0.458 e. The van der Waals surface area contributed by atoms with E-state index in [1.807, 2.05) is 0 Å². The molecule has 9 heteroatoms. The summed E-state index contributed by atoms with van der Waals surface area (Å²) in [5, 5.41) is -4.46. The number of carbonyl (C=O) groups is 2. The third-order valence-corrected chi connectivity index (χ3v) is 10.6. The van der Waals surface area contributed by atoms with Crippen molar-refractivity contribution in [2.24, 2.45) is 17.8 Å². The number of sulfone groups is 1. The summed E-state index contributed by atoms with van der Waals surface area (Å²) in [4.78, 5) is 24.5. The molecule has 0 radical (unpaired) electrons. The van der Waals surface area contributed by atoms with Gasteiger partial charge in [-0.15, -0.1) is 0 Å². The predicted octanol–water partition coefficient (Wildman–Crippen LogP) is 6.06. The highest BCUT2D eigenvalue weighted by Gasteiger charge is 2.62. The molecule has 0 N–H and O–H groups in total. The van der Waals surface area contributed by atoms with Crippen LogP contribution in [0.4, 0.5) is 8.78 Å². The first-order chi connectivity index (χ1) is 19.6. The van der Waals surface area contributed by atoms with Gasteiger partial charge in [0.1, 0.15) is 5.75 Å². The number of rotatable bonds is 10. The van der Waals surface area contributed by atoms with Gasteiger partial charge in [0, 0.05) is 6.08 Å². The van der Waals surface area contributed by atoms with E-state index in [1.54, 1.807) is 36.4 Å². The highest BCUT2D eigenvalue weighted by Crippen LogP contribution is 2.51.